The predicted molar refractivity (Wildman–Crippen MR) is 142 cm³/mol. The maximum absolute atomic E-state index is 13.9. The minimum Gasteiger partial charge on any atom is -0.508 e. The first-order valence-electron chi connectivity index (χ1n) is 12.8. The molecule has 4 atom stereocenters. The average Bonchev–Trinajstić information content (AvgIpc) is 3.20. The molecule has 10 heteroatoms. The second kappa shape index (κ2) is 9.11. The zero-order chi connectivity index (χ0) is 28.5. The van der Waals surface area contributed by atoms with Gasteiger partial charge in [0.15, 0.2) is 11.6 Å². The molecule has 1 N–H and O–H groups in total. The van der Waals surface area contributed by atoms with Crippen molar-refractivity contribution in [2.45, 2.75) is 25.7 Å². The van der Waals surface area contributed by atoms with E-state index in [2.05, 4.69) is 0 Å². The highest BCUT2D eigenvalue weighted by atomic mass is 16.6. The number of hydrogen-bond donors (Lipinski definition) is 1. The summed E-state index contributed by atoms with van der Waals surface area (Å²) in [5.41, 5.74) is 1.72. The second-order valence-electron chi connectivity index (χ2n) is 10.4. The molecule has 0 saturated carbocycles. The van der Waals surface area contributed by atoms with Crippen LogP contribution >= 0.6 is 0 Å². The molecule has 0 radical (unpaired) electrons. The van der Waals surface area contributed by atoms with Gasteiger partial charge in [-0.15, -0.1) is 0 Å². The van der Waals surface area contributed by atoms with Crippen molar-refractivity contribution in [3.63, 3.8) is 0 Å². The van der Waals surface area contributed by atoms with E-state index >= 15 is 0 Å². The van der Waals surface area contributed by atoms with E-state index in [-0.39, 0.29) is 58.3 Å². The van der Waals surface area contributed by atoms with E-state index < -0.39 is 40.4 Å². The van der Waals surface area contributed by atoms with Crippen LogP contribution in [0.1, 0.15) is 31.2 Å². The van der Waals surface area contributed by atoms with Crippen molar-refractivity contribution in [1.29, 1.82) is 0 Å². The summed E-state index contributed by atoms with van der Waals surface area (Å²) in [5, 5.41) is 22.3. The Morgan fingerprint density at radius 2 is 1.82 bits per heavy atom. The van der Waals surface area contributed by atoms with E-state index in [1.807, 2.05) is 6.08 Å². The number of phenolic OH excluding ortho intramolecular Hbond substituents is 1. The Morgan fingerprint density at radius 1 is 1.05 bits per heavy atom. The van der Waals surface area contributed by atoms with E-state index in [9.17, 15) is 34.4 Å². The van der Waals surface area contributed by atoms with E-state index in [0.717, 1.165) is 4.90 Å². The van der Waals surface area contributed by atoms with Crippen LogP contribution in [-0.2, 0) is 19.2 Å². The molecule has 0 bridgehead atoms. The maximum Gasteiger partial charge on any atom is 0.271 e. The number of aromatic hydroxyl groups is 1. The Kier molecular flexibility index (Phi) is 5.79. The number of nitro benzene ring substituents is 1. The highest BCUT2D eigenvalue weighted by molar-refractivity contribution is 6.25. The van der Waals surface area contributed by atoms with Crippen molar-refractivity contribution < 1.29 is 33.9 Å². The Bertz CT molecular complexity index is 1650. The fourth-order valence-corrected chi connectivity index (χ4v) is 6.63. The first-order valence-corrected chi connectivity index (χ1v) is 12.8. The van der Waals surface area contributed by atoms with Gasteiger partial charge in [-0.3, -0.25) is 29.3 Å². The molecule has 40 heavy (non-hydrogen) atoms. The van der Waals surface area contributed by atoms with Crippen LogP contribution in [0.4, 0.5) is 11.4 Å². The van der Waals surface area contributed by atoms with Crippen molar-refractivity contribution in [3.05, 3.63) is 92.6 Å². The van der Waals surface area contributed by atoms with Gasteiger partial charge >= 0.3 is 0 Å². The van der Waals surface area contributed by atoms with Gasteiger partial charge in [0.25, 0.3) is 5.69 Å². The summed E-state index contributed by atoms with van der Waals surface area (Å²) in [6.45, 7) is 1.56. The van der Waals surface area contributed by atoms with Crippen LogP contribution in [-0.4, -0.2) is 40.5 Å². The molecule has 3 aliphatic carbocycles. The standard InChI is InChI=1S/C30H24N2O8/c1-14-10-24(34)27-22(28(14)35)13-20-18(25(27)21-12-17(40-2)6-9-23(21)33)7-8-19-26(20)30(37)31(29(19)36)15-4-3-5-16(11-15)32(38)39/h3-7,9-12,19-20,25-26,33H,8,13H2,1-2H3. The number of imide groups is 1. The molecule has 2 aromatic carbocycles. The largest absolute Gasteiger partial charge is 0.508 e. The minimum absolute atomic E-state index is 0.0844. The van der Waals surface area contributed by atoms with E-state index in [1.54, 1.807) is 19.1 Å². The van der Waals surface area contributed by atoms with Crippen LogP contribution in [0.5, 0.6) is 11.5 Å². The van der Waals surface area contributed by atoms with E-state index in [0.29, 0.717) is 16.9 Å². The summed E-state index contributed by atoms with van der Waals surface area (Å²) in [4.78, 5) is 66.0. The number of carbonyl (C=O) groups is 4. The Hall–Kier alpha value is -4.86. The molecule has 1 fully saturated rings. The molecule has 1 heterocycles. The molecule has 0 spiro atoms. The maximum atomic E-state index is 13.9. The number of nitro groups is 1. The number of ether oxygens (including phenoxy) is 1. The van der Waals surface area contributed by atoms with Crippen LogP contribution in [0.15, 0.2) is 76.9 Å². The first kappa shape index (κ1) is 25.4. The quantitative estimate of drug-likeness (QED) is 0.202. The number of carbonyl (C=O) groups excluding carboxylic acids is 4. The lowest BCUT2D eigenvalue weighted by Gasteiger charge is -2.42. The van der Waals surface area contributed by atoms with Crippen LogP contribution in [0.2, 0.25) is 0 Å². The number of allylic oxidation sites excluding steroid dienone is 6. The number of non-ortho nitro benzene ring substituents is 1. The number of methoxy groups -OCH3 is 1. The summed E-state index contributed by atoms with van der Waals surface area (Å²) in [5.74, 6) is -4.27. The number of anilines is 1. The topological polar surface area (TPSA) is 144 Å². The third kappa shape index (κ3) is 3.63. The number of Topliss-reactive ketones (excluding diaryl/α,β-unsaturated/α-hetero) is 1. The minimum atomic E-state index is -0.842. The van der Waals surface area contributed by atoms with Crippen LogP contribution in [0.25, 0.3) is 0 Å². The second-order valence-corrected chi connectivity index (χ2v) is 10.4. The van der Waals surface area contributed by atoms with Gasteiger partial charge in [0.2, 0.25) is 11.8 Å². The Labute approximate surface area is 228 Å². The van der Waals surface area contributed by atoms with Crippen LogP contribution in [0.3, 0.4) is 0 Å². The summed E-state index contributed by atoms with van der Waals surface area (Å²) >= 11 is 0. The fraction of sp³-hybridized carbons (Fsp3) is 0.267. The van der Waals surface area contributed by atoms with E-state index in [1.165, 1.54) is 43.5 Å². The molecule has 1 aliphatic heterocycles. The van der Waals surface area contributed by atoms with Crippen molar-refractivity contribution in [2.24, 2.45) is 17.8 Å². The number of benzene rings is 2. The van der Waals surface area contributed by atoms with Crippen molar-refractivity contribution in [2.75, 3.05) is 12.0 Å². The van der Waals surface area contributed by atoms with Gasteiger partial charge in [0.1, 0.15) is 11.5 Å². The number of amides is 2. The lowest BCUT2D eigenvalue weighted by atomic mass is 9.59. The Balaban J connectivity index is 1.49. The normalized spacial score (nSPS) is 25.7. The third-order valence-electron chi connectivity index (χ3n) is 8.41. The molecule has 6 rings (SSSR count). The number of rotatable bonds is 4. The lowest BCUT2D eigenvalue weighted by molar-refractivity contribution is -0.384. The molecular formula is C30H24N2O8. The number of ketones is 2. The zero-order valence-corrected chi connectivity index (χ0v) is 21.6. The molecular weight excluding hydrogens is 516 g/mol. The molecule has 2 amide bonds. The summed E-state index contributed by atoms with van der Waals surface area (Å²) < 4.78 is 5.36. The molecule has 0 aromatic heterocycles. The highest BCUT2D eigenvalue weighted by Crippen LogP contribution is 2.56. The van der Waals surface area contributed by atoms with Crippen LogP contribution in [0, 0.1) is 27.9 Å². The lowest BCUT2D eigenvalue weighted by Crippen LogP contribution is -2.39. The predicted octanol–water partition coefficient (Wildman–Crippen LogP) is 3.94. The number of nitrogens with zero attached hydrogens (tertiary/aromatic N) is 2. The zero-order valence-electron chi connectivity index (χ0n) is 21.6. The SMILES string of the molecule is COc1ccc(O)c(C2C3=CCC4C(=O)N(c5cccc([N+](=O)[O-])c5)C(=O)C4C3CC3=C2C(=O)C=C(C)C3=O)c1. The molecule has 4 aliphatic rings. The summed E-state index contributed by atoms with van der Waals surface area (Å²) in [6.07, 6.45) is 3.42. The van der Waals surface area contributed by atoms with Gasteiger partial charge in [-0.05, 0) is 56.0 Å². The van der Waals surface area contributed by atoms with Gasteiger partial charge in [-0.2, -0.15) is 0 Å². The van der Waals surface area contributed by atoms with Gasteiger partial charge < -0.3 is 9.84 Å². The Morgan fingerprint density at radius 3 is 2.55 bits per heavy atom. The highest BCUT2D eigenvalue weighted by Gasteiger charge is 2.57. The van der Waals surface area contributed by atoms with Gasteiger partial charge in [-0.25, -0.2) is 4.90 Å². The monoisotopic (exact) mass is 540 g/mol. The molecule has 2 aromatic rings. The van der Waals surface area contributed by atoms with Crippen molar-refractivity contribution in [3.8, 4) is 11.5 Å². The molecule has 1 saturated heterocycles. The van der Waals surface area contributed by atoms with E-state index in [4.69, 9.17) is 4.74 Å². The average molecular weight is 541 g/mol. The molecule has 202 valence electrons. The fourth-order valence-electron chi connectivity index (χ4n) is 6.63. The first-order chi connectivity index (χ1) is 19.1. The third-order valence-corrected chi connectivity index (χ3v) is 8.41. The van der Waals surface area contributed by atoms with Crippen molar-refractivity contribution in [1.82, 2.24) is 0 Å². The summed E-state index contributed by atoms with van der Waals surface area (Å²) in [6, 6.07) is 10.0. The van der Waals surface area contributed by atoms with Gasteiger partial charge in [0, 0.05) is 40.3 Å². The van der Waals surface area contributed by atoms with Crippen molar-refractivity contribution >= 4 is 34.8 Å². The number of phenols is 1. The van der Waals surface area contributed by atoms with Crippen LogP contribution < -0.4 is 9.64 Å². The smallest absolute Gasteiger partial charge is 0.271 e. The molecule has 10 nitrogen and oxygen atoms in total. The van der Waals surface area contributed by atoms with Gasteiger partial charge in [0.05, 0.1) is 29.6 Å². The summed E-state index contributed by atoms with van der Waals surface area (Å²) in [7, 11) is 1.47. The number of fused-ring (bicyclic) bond motifs is 3. The number of hydrogen-bond acceptors (Lipinski definition) is 8. The molecule has 4 unspecified atom stereocenters. The van der Waals surface area contributed by atoms with Gasteiger partial charge in [-0.1, -0.05) is 17.7 Å².